The second kappa shape index (κ2) is 11.0. The fraction of sp³-hybridized carbons (Fsp3) is 0.586. The van der Waals surface area contributed by atoms with Gasteiger partial charge in [-0.05, 0) is 61.6 Å². The molecule has 3 heterocycles. The lowest BCUT2D eigenvalue weighted by molar-refractivity contribution is -0.142. The van der Waals surface area contributed by atoms with Gasteiger partial charge < -0.3 is 14.7 Å². The van der Waals surface area contributed by atoms with E-state index in [1.54, 1.807) is 24.1 Å². The molecule has 5 rings (SSSR count). The number of nitrogens with zero attached hydrogens (tertiary/aromatic N) is 5. The van der Waals surface area contributed by atoms with Gasteiger partial charge in [0.05, 0.1) is 5.56 Å². The highest BCUT2D eigenvalue weighted by molar-refractivity contribution is 5.85. The number of amides is 2. The Morgan fingerprint density at radius 1 is 1.00 bits per heavy atom. The van der Waals surface area contributed by atoms with Gasteiger partial charge in [-0.2, -0.15) is 13.2 Å². The van der Waals surface area contributed by atoms with Gasteiger partial charge in [-0.3, -0.25) is 9.59 Å². The van der Waals surface area contributed by atoms with Crippen molar-refractivity contribution >= 4 is 17.8 Å². The first-order valence-electron chi connectivity index (χ1n) is 13.9. The van der Waals surface area contributed by atoms with Gasteiger partial charge in [0.1, 0.15) is 5.82 Å². The maximum Gasteiger partial charge on any atom is 0.419 e. The van der Waals surface area contributed by atoms with Gasteiger partial charge >= 0.3 is 6.18 Å². The largest absolute Gasteiger partial charge is 0.419 e. The minimum atomic E-state index is -4.51. The zero-order valence-electron chi connectivity index (χ0n) is 22.8. The van der Waals surface area contributed by atoms with Crippen LogP contribution in [-0.4, -0.2) is 71.4 Å². The van der Waals surface area contributed by atoms with Crippen LogP contribution in [0.3, 0.4) is 0 Å². The maximum absolute atomic E-state index is 13.6. The summed E-state index contributed by atoms with van der Waals surface area (Å²) in [6.07, 6.45) is 0.834. The van der Waals surface area contributed by atoms with Gasteiger partial charge in [0.15, 0.2) is 0 Å². The standard InChI is InChI=1S/C29H35F4N5O2/c1-28(9-10-28)26(40)37-11-7-20(8-12-37)25(39)38-17-21(13-19-3-5-24(30)6-4-19)22(18-38)16-36(2)27-34-14-23(15-35-27)29(31,32)33/h3-6,14-15,20-22H,7-13,16-18H2,1-2H3/t21?,22-/m0/s1. The lowest BCUT2D eigenvalue weighted by Gasteiger charge is -2.34. The van der Waals surface area contributed by atoms with Gasteiger partial charge in [-0.1, -0.05) is 19.1 Å². The van der Waals surface area contributed by atoms with Crippen LogP contribution >= 0.6 is 0 Å². The molecule has 3 fully saturated rings. The predicted molar refractivity (Wildman–Crippen MR) is 141 cm³/mol. The second-order valence-electron chi connectivity index (χ2n) is 11.9. The average Bonchev–Trinajstić information content (AvgIpc) is 3.58. The lowest BCUT2D eigenvalue weighted by Crippen LogP contribution is -2.46. The van der Waals surface area contributed by atoms with E-state index >= 15 is 0 Å². The molecule has 7 nitrogen and oxygen atoms in total. The van der Waals surface area contributed by atoms with E-state index in [0.717, 1.165) is 30.8 Å². The first-order valence-corrected chi connectivity index (χ1v) is 13.9. The summed E-state index contributed by atoms with van der Waals surface area (Å²) in [5.74, 6) is 0.0987. The minimum Gasteiger partial charge on any atom is -0.344 e. The monoisotopic (exact) mass is 561 g/mol. The summed E-state index contributed by atoms with van der Waals surface area (Å²) in [4.78, 5) is 39.7. The molecular formula is C29H35F4N5O2. The summed E-state index contributed by atoms with van der Waals surface area (Å²) in [6, 6.07) is 6.32. The third-order valence-corrected chi connectivity index (χ3v) is 8.76. The number of carbonyl (C=O) groups excluding carboxylic acids is 2. The first-order chi connectivity index (χ1) is 18.9. The van der Waals surface area contributed by atoms with Crippen molar-refractivity contribution in [2.75, 3.05) is 44.7 Å². The van der Waals surface area contributed by atoms with E-state index in [-0.39, 0.29) is 46.7 Å². The summed E-state index contributed by atoms with van der Waals surface area (Å²) in [5, 5.41) is 0. The Kier molecular flexibility index (Phi) is 7.76. The molecule has 11 heteroatoms. The number of likely N-dealkylation sites (tertiary alicyclic amines) is 2. The average molecular weight is 562 g/mol. The van der Waals surface area contributed by atoms with E-state index < -0.39 is 11.7 Å². The molecule has 1 unspecified atom stereocenters. The Bertz CT molecular complexity index is 1210. The summed E-state index contributed by atoms with van der Waals surface area (Å²) < 4.78 is 52.3. The lowest BCUT2D eigenvalue weighted by atomic mass is 9.89. The zero-order chi connectivity index (χ0) is 28.7. The number of halogens is 4. The number of hydrogen-bond acceptors (Lipinski definition) is 5. The van der Waals surface area contributed by atoms with Crippen LogP contribution in [0.15, 0.2) is 36.7 Å². The normalized spacial score (nSPS) is 22.9. The van der Waals surface area contributed by atoms with E-state index in [9.17, 15) is 27.2 Å². The Labute approximate surface area is 231 Å². The fourth-order valence-corrected chi connectivity index (χ4v) is 5.95. The van der Waals surface area contributed by atoms with Crippen molar-refractivity contribution in [1.29, 1.82) is 0 Å². The van der Waals surface area contributed by atoms with E-state index in [4.69, 9.17) is 0 Å². The SMILES string of the molecule is CN(C[C@H]1CN(C(=O)C2CCN(C(=O)C3(C)CC3)CC2)CC1Cc1ccc(F)cc1)c1ncc(C(F)(F)F)cn1. The molecule has 2 saturated heterocycles. The summed E-state index contributed by atoms with van der Waals surface area (Å²) >= 11 is 0. The molecule has 2 amide bonds. The van der Waals surface area contributed by atoms with Gasteiger partial charge in [0.2, 0.25) is 17.8 Å². The molecule has 3 aliphatic rings. The molecule has 1 saturated carbocycles. The molecule has 0 radical (unpaired) electrons. The van der Waals surface area contributed by atoms with Crippen molar-refractivity contribution in [2.24, 2.45) is 23.2 Å². The molecule has 1 aliphatic carbocycles. The van der Waals surface area contributed by atoms with Crippen molar-refractivity contribution in [3.05, 3.63) is 53.6 Å². The molecule has 2 aliphatic heterocycles. The van der Waals surface area contributed by atoms with Gasteiger partial charge in [-0.15, -0.1) is 0 Å². The molecule has 1 aromatic carbocycles. The Morgan fingerprint density at radius 3 is 2.17 bits per heavy atom. The summed E-state index contributed by atoms with van der Waals surface area (Å²) in [5.41, 5.74) is -0.162. The number of carbonyl (C=O) groups is 2. The van der Waals surface area contributed by atoms with Crippen molar-refractivity contribution in [1.82, 2.24) is 19.8 Å². The second-order valence-corrected chi connectivity index (χ2v) is 11.9. The van der Waals surface area contributed by atoms with Crippen LogP contribution in [0.5, 0.6) is 0 Å². The van der Waals surface area contributed by atoms with Crippen LogP contribution in [0.4, 0.5) is 23.5 Å². The van der Waals surface area contributed by atoms with Crippen molar-refractivity contribution < 1.29 is 27.2 Å². The van der Waals surface area contributed by atoms with E-state index in [2.05, 4.69) is 9.97 Å². The van der Waals surface area contributed by atoms with Crippen LogP contribution in [0, 0.1) is 29.0 Å². The zero-order valence-corrected chi connectivity index (χ0v) is 22.8. The molecule has 0 bridgehead atoms. The molecule has 40 heavy (non-hydrogen) atoms. The molecule has 2 aromatic rings. The highest BCUT2D eigenvalue weighted by Crippen LogP contribution is 2.47. The van der Waals surface area contributed by atoms with E-state index in [1.807, 2.05) is 16.7 Å². The Morgan fingerprint density at radius 2 is 1.60 bits per heavy atom. The number of rotatable bonds is 7. The number of aromatic nitrogens is 2. The van der Waals surface area contributed by atoms with Gasteiger partial charge in [0.25, 0.3) is 0 Å². The first kappa shape index (κ1) is 28.3. The van der Waals surface area contributed by atoms with Crippen LogP contribution in [0.1, 0.15) is 43.7 Å². The third kappa shape index (κ3) is 6.23. The van der Waals surface area contributed by atoms with Crippen LogP contribution in [0.2, 0.25) is 0 Å². The molecular weight excluding hydrogens is 526 g/mol. The number of anilines is 1. The third-order valence-electron chi connectivity index (χ3n) is 8.76. The number of hydrogen-bond donors (Lipinski definition) is 0. The quantitative estimate of drug-likeness (QED) is 0.468. The van der Waals surface area contributed by atoms with Crippen LogP contribution < -0.4 is 4.90 Å². The topological polar surface area (TPSA) is 69.6 Å². The molecule has 2 atom stereocenters. The summed E-state index contributed by atoms with van der Waals surface area (Å²) in [7, 11) is 1.73. The highest BCUT2D eigenvalue weighted by Gasteiger charge is 2.48. The van der Waals surface area contributed by atoms with Gasteiger partial charge in [-0.25, -0.2) is 14.4 Å². The van der Waals surface area contributed by atoms with Crippen LogP contribution in [0.25, 0.3) is 0 Å². The predicted octanol–water partition coefficient (Wildman–Crippen LogP) is 4.43. The van der Waals surface area contributed by atoms with Crippen LogP contribution in [-0.2, 0) is 22.2 Å². The van der Waals surface area contributed by atoms with Gasteiger partial charge in [0, 0.05) is 63.5 Å². The van der Waals surface area contributed by atoms with E-state index in [1.165, 1.54) is 12.1 Å². The van der Waals surface area contributed by atoms with Crippen molar-refractivity contribution in [3.8, 4) is 0 Å². The van der Waals surface area contributed by atoms with Crippen molar-refractivity contribution in [3.63, 3.8) is 0 Å². The number of alkyl halides is 3. The molecule has 0 N–H and O–H groups in total. The van der Waals surface area contributed by atoms with E-state index in [0.29, 0.717) is 52.0 Å². The minimum absolute atomic E-state index is 0.0152. The molecule has 1 aromatic heterocycles. The summed E-state index contributed by atoms with van der Waals surface area (Å²) in [6.45, 7) is 4.69. The fourth-order valence-electron chi connectivity index (χ4n) is 5.95. The maximum atomic E-state index is 13.6. The number of piperidine rings is 1. The number of benzene rings is 1. The Hall–Kier alpha value is -3.24. The molecule has 0 spiro atoms. The molecule has 216 valence electrons. The highest BCUT2D eigenvalue weighted by atomic mass is 19.4. The van der Waals surface area contributed by atoms with Crippen molar-refractivity contribution in [2.45, 2.75) is 45.2 Å². The Balaban J connectivity index is 1.25. The smallest absolute Gasteiger partial charge is 0.344 e.